The maximum Gasteiger partial charge on any atom is 0.0270 e. The van der Waals surface area contributed by atoms with E-state index in [1.807, 2.05) is 12.4 Å². The van der Waals surface area contributed by atoms with Gasteiger partial charge in [-0.25, -0.2) is 0 Å². The lowest BCUT2D eigenvalue weighted by Gasteiger charge is -2.17. The van der Waals surface area contributed by atoms with Gasteiger partial charge in [0.1, 0.15) is 0 Å². The molecule has 0 saturated heterocycles. The molecule has 0 saturated carbocycles. The summed E-state index contributed by atoms with van der Waals surface area (Å²) in [6.07, 6.45) is 4.70. The van der Waals surface area contributed by atoms with Crippen LogP contribution in [-0.2, 0) is 0 Å². The summed E-state index contributed by atoms with van der Waals surface area (Å²) in [4.78, 5) is 4.00. The van der Waals surface area contributed by atoms with Crippen LogP contribution in [0.25, 0.3) is 0 Å². The Morgan fingerprint density at radius 2 is 1.79 bits per heavy atom. The van der Waals surface area contributed by atoms with Crippen molar-refractivity contribution in [3.8, 4) is 0 Å². The molecule has 1 unspecified atom stereocenters. The number of hydrogen-bond acceptors (Lipinski definition) is 3. The van der Waals surface area contributed by atoms with E-state index in [4.69, 9.17) is 11.5 Å². The molecule has 4 N–H and O–H groups in total. The van der Waals surface area contributed by atoms with Gasteiger partial charge >= 0.3 is 0 Å². The van der Waals surface area contributed by atoms with E-state index in [0.717, 1.165) is 6.42 Å². The van der Waals surface area contributed by atoms with Gasteiger partial charge in [0.15, 0.2) is 0 Å². The zero-order valence-electron chi connectivity index (χ0n) is 8.69. The van der Waals surface area contributed by atoms with Crippen molar-refractivity contribution in [3.63, 3.8) is 0 Å². The van der Waals surface area contributed by atoms with Crippen LogP contribution in [-0.4, -0.2) is 18.1 Å². The van der Waals surface area contributed by atoms with Crippen LogP contribution < -0.4 is 11.5 Å². The first-order valence-electron chi connectivity index (χ1n) is 5.08. The average molecular weight is 193 g/mol. The van der Waals surface area contributed by atoms with Crippen LogP contribution >= 0.6 is 0 Å². The predicted molar refractivity (Wildman–Crippen MR) is 58.9 cm³/mol. The molecular weight excluding hydrogens is 174 g/mol. The summed E-state index contributed by atoms with van der Waals surface area (Å²) in [6.45, 7) is 3.55. The van der Waals surface area contributed by atoms with Gasteiger partial charge in [0.05, 0.1) is 0 Å². The Bertz CT molecular complexity index is 244. The van der Waals surface area contributed by atoms with Gasteiger partial charge in [-0.2, -0.15) is 0 Å². The lowest BCUT2D eigenvalue weighted by Crippen LogP contribution is -2.24. The molecule has 3 nitrogen and oxygen atoms in total. The lowest BCUT2D eigenvalue weighted by molar-refractivity contribution is 0.465. The molecule has 1 rings (SSSR count). The molecule has 0 fully saturated rings. The van der Waals surface area contributed by atoms with Gasteiger partial charge in [-0.3, -0.25) is 4.98 Å². The fraction of sp³-hybridized carbons (Fsp3) is 0.545. The van der Waals surface area contributed by atoms with Crippen LogP contribution in [0.1, 0.15) is 24.8 Å². The maximum atomic E-state index is 5.62. The van der Waals surface area contributed by atoms with Crippen LogP contribution in [0, 0.1) is 5.92 Å². The predicted octanol–water partition coefficient (Wildman–Crippen LogP) is 1.11. The third-order valence-corrected chi connectivity index (χ3v) is 2.63. The van der Waals surface area contributed by atoms with Crippen molar-refractivity contribution in [3.05, 3.63) is 30.1 Å². The minimum Gasteiger partial charge on any atom is -0.330 e. The Morgan fingerprint density at radius 3 is 2.29 bits per heavy atom. The van der Waals surface area contributed by atoms with Gasteiger partial charge in [0.2, 0.25) is 0 Å². The summed E-state index contributed by atoms with van der Waals surface area (Å²) >= 11 is 0. The van der Waals surface area contributed by atoms with E-state index in [1.165, 1.54) is 5.56 Å². The van der Waals surface area contributed by atoms with Crippen molar-refractivity contribution in [2.45, 2.75) is 19.3 Å². The highest BCUT2D eigenvalue weighted by Crippen LogP contribution is 2.21. The Morgan fingerprint density at radius 1 is 1.21 bits per heavy atom. The minimum atomic E-state index is 0.429. The molecule has 0 spiro atoms. The summed E-state index contributed by atoms with van der Waals surface area (Å²) in [7, 11) is 0. The second-order valence-electron chi connectivity index (χ2n) is 3.75. The highest BCUT2D eigenvalue weighted by atomic mass is 14.6. The first-order chi connectivity index (χ1) is 6.77. The second-order valence-corrected chi connectivity index (χ2v) is 3.75. The third-order valence-electron chi connectivity index (χ3n) is 2.63. The van der Waals surface area contributed by atoms with Crippen LogP contribution in [0.4, 0.5) is 0 Å². The number of nitrogens with two attached hydrogens (primary N) is 2. The van der Waals surface area contributed by atoms with Gasteiger partial charge in [-0.15, -0.1) is 0 Å². The second kappa shape index (κ2) is 5.73. The molecule has 1 heterocycles. The number of aromatic nitrogens is 1. The van der Waals surface area contributed by atoms with Crippen molar-refractivity contribution in [2.75, 3.05) is 13.1 Å². The number of rotatable bonds is 5. The smallest absolute Gasteiger partial charge is 0.0270 e. The summed E-state index contributed by atoms with van der Waals surface area (Å²) in [6, 6.07) is 4.10. The summed E-state index contributed by atoms with van der Waals surface area (Å²) in [5.74, 6) is 0.938. The minimum absolute atomic E-state index is 0.429. The van der Waals surface area contributed by atoms with Crippen molar-refractivity contribution >= 4 is 0 Å². The van der Waals surface area contributed by atoms with Crippen molar-refractivity contribution in [1.82, 2.24) is 4.98 Å². The third kappa shape index (κ3) is 3.09. The quantitative estimate of drug-likeness (QED) is 0.736. The van der Waals surface area contributed by atoms with Gasteiger partial charge in [0, 0.05) is 12.4 Å². The van der Waals surface area contributed by atoms with Crippen molar-refractivity contribution in [1.29, 1.82) is 0 Å². The Balaban J connectivity index is 2.54. The van der Waals surface area contributed by atoms with Crippen molar-refractivity contribution in [2.24, 2.45) is 17.4 Å². The van der Waals surface area contributed by atoms with Gasteiger partial charge in [0.25, 0.3) is 0 Å². The summed E-state index contributed by atoms with van der Waals surface area (Å²) in [5.41, 5.74) is 12.5. The number of nitrogens with zero attached hydrogens (tertiary/aromatic N) is 1. The molecule has 3 heteroatoms. The molecule has 1 aromatic heterocycles. The molecule has 0 aromatic carbocycles. The molecule has 0 aliphatic heterocycles. The lowest BCUT2D eigenvalue weighted by atomic mass is 9.91. The zero-order chi connectivity index (χ0) is 10.4. The molecule has 0 amide bonds. The highest BCUT2D eigenvalue weighted by molar-refractivity contribution is 5.14. The van der Waals surface area contributed by atoms with E-state index in [2.05, 4.69) is 24.0 Å². The van der Waals surface area contributed by atoms with Gasteiger partial charge in [-0.05, 0) is 49.0 Å². The fourth-order valence-electron chi connectivity index (χ4n) is 1.62. The van der Waals surface area contributed by atoms with E-state index < -0.39 is 0 Å². The molecule has 0 aliphatic carbocycles. The molecule has 14 heavy (non-hydrogen) atoms. The zero-order valence-corrected chi connectivity index (χ0v) is 8.69. The van der Waals surface area contributed by atoms with Gasteiger partial charge in [-0.1, -0.05) is 6.92 Å². The first-order valence-corrected chi connectivity index (χ1v) is 5.08. The Kier molecular flexibility index (Phi) is 4.56. The number of pyridine rings is 1. The van der Waals surface area contributed by atoms with Crippen LogP contribution in [0.2, 0.25) is 0 Å². The fourth-order valence-corrected chi connectivity index (χ4v) is 1.62. The molecule has 0 radical (unpaired) electrons. The molecule has 1 aromatic rings. The van der Waals surface area contributed by atoms with E-state index in [0.29, 0.717) is 24.9 Å². The normalized spacial score (nSPS) is 13.1. The number of hydrogen-bond donors (Lipinski definition) is 2. The Hall–Kier alpha value is -0.930. The summed E-state index contributed by atoms with van der Waals surface area (Å²) in [5, 5.41) is 0. The summed E-state index contributed by atoms with van der Waals surface area (Å²) < 4.78 is 0. The SMILES string of the molecule is CC(CC(CN)CN)c1ccncc1. The molecule has 0 aliphatic rings. The standard InChI is InChI=1S/C11H19N3/c1-9(6-10(7-12)8-13)11-2-4-14-5-3-11/h2-5,9-10H,6-8,12-13H2,1H3. The van der Waals surface area contributed by atoms with Crippen LogP contribution in [0.5, 0.6) is 0 Å². The van der Waals surface area contributed by atoms with Crippen LogP contribution in [0.15, 0.2) is 24.5 Å². The monoisotopic (exact) mass is 193 g/mol. The van der Waals surface area contributed by atoms with E-state index in [9.17, 15) is 0 Å². The molecule has 0 bridgehead atoms. The largest absolute Gasteiger partial charge is 0.330 e. The average Bonchev–Trinajstić information content (AvgIpc) is 2.26. The van der Waals surface area contributed by atoms with E-state index in [-0.39, 0.29) is 0 Å². The Labute approximate surface area is 85.5 Å². The highest BCUT2D eigenvalue weighted by Gasteiger charge is 2.11. The molecular formula is C11H19N3. The maximum absolute atomic E-state index is 5.62. The van der Waals surface area contributed by atoms with E-state index >= 15 is 0 Å². The van der Waals surface area contributed by atoms with Gasteiger partial charge < -0.3 is 11.5 Å². The topological polar surface area (TPSA) is 64.9 Å². The van der Waals surface area contributed by atoms with Crippen LogP contribution in [0.3, 0.4) is 0 Å². The van der Waals surface area contributed by atoms with E-state index in [1.54, 1.807) is 0 Å². The molecule has 78 valence electrons. The van der Waals surface area contributed by atoms with Crippen molar-refractivity contribution < 1.29 is 0 Å². The molecule has 1 atom stereocenters. The first kappa shape index (κ1) is 11.1.